The minimum absolute atomic E-state index is 0.0741. The van der Waals surface area contributed by atoms with Crippen LogP contribution >= 0.6 is 34.8 Å². The molecular formula is C18H27Cl3N2O6Si. The van der Waals surface area contributed by atoms with Gasteiger partial charge in [-0.25, -0.2) is 9.59 Å². The Morgan fingerprint density at radius 1 is 1.30 bits per heavy atom. The normalized spacial score (nSPS) is 22.9. The lowest BCUT2D eigenvalue weighted by Gasteiger charge is -2.39. The lowest BCUT2D eigenvalue weighted by atomic mass is 10.2. The van der Waals surface area contributed by atoms with E-state index in [1.807, 2.05) is 0 Å². The average molecular weight is 502 g/mol. The van der Waals surface area contributed by atoms with E-state index in [1.165, 1.54) is 10.8 Å². The summed E-state index contributed by atoms with van der Waals surface area (Å²) in [5, 5.41) is -0.0741. The molecule has 8 nitrogen and oxygen atoms in total. The predicted molar refractivity (Wildman–Crippen MR) is 118 cm³/mol. The second-order valence-corrected chi connectivity index (χ2v) is 15.9. The van der Waals surface area contributed by atoms with Crippen LogP contribution in [0, 0.1) is 6.92 Å². The third-order valence-corrected chi connectivity index (χ3v) is 10.5. The summed E-state index contributed by atoms with van der Waals surface area (Å²) in [4.78, 5) is 38.1. The van der Waals surface area contributed by atoms with Crippen LogP contribution in [0.15, 0.2) is 15.8 Å². The Labute approximate surface area is 190 Å². The zero-order chi connectivity index (χ0) is 23.1. The molecule has 0 amide bonds. The molecule has 1 aliphatic rings. The van der Waals surface area contributed by atoms with Gasteiger partial charge in [-0.05, 0) is 25.1 Å². The third kappa shape index (κ3) is 5.89. The lowest BCUT2D eigenvalue weighted by Crippen LogP contribution is -2.46. The van der Waals surface area contributed by atoms with Crippen molar-refractivity contribution in [2.24, 2.45) is 0 Å². The van der Waals surface area contributed by atoms with E-state index in [0.717, 1.165) is 0 Å². The molecule has 2 rings (SSSR count). The van der Waals surface area contributed by atoms with Gasteiger partial charge in [-0.3, -0.25) is 14.3 Å². The SMILES string of the molecule is Cc1cn([C@H]2C[C@H](O[Si](C)(C)C(C)(C)C)[C@@H](COC(=O)C(Cl)(Cl)Cl)O2)c(=O)[nH]c1=O. The van der Waals surface area contributed by atoms with Crippen LogP contribution in [0.2, 0.25) is 18.1 Å². The largest absolute Gasteiger partial charge is 0.460 e. The Hall–Kier alpha value is -0.843. The molecule has 12 heteroatoms. The van der Waals surface area contributed by atoms with E-state index in [-0.39, 0.29) is 11.6 Å². The summed E-state index contributed by atoms with van der Waals surface area (Å²) in [6.45, 7) is 11.8. The number of hydrogen-bond acceptors (Lipinski definition) is 6. The molecule has 1 aromatic heterocycles. The van der Waals surface area contributed by atoms with E-state index in [2.05, 4.69) is 38.8 Å². The third-order valence-electron chi connectivity index (χ3n) is 5.50. The molecule has 0 spiro atoms. The van der Waals surface area contributed by atoms with Gasteiger partial charge in [0.05, 0.1) is 6.10 Å². The van der Waals surface area contributed by atoms with E-state index in [0.29, 0.717) is 12.0 Å². The highest BCUT2D eigenvalue weighted by atomic mass is 35.6. The zero-order valence-corrected chi connectivity index (χ0v) is 21.0. The zero-order valence-electron chi connectivity index (χ0n) is 17.8. The number of rotatable bonds is 5. The fourth-order valence-corrected chi connectivity index (χ4v) is 4.26. The number of halogens is 3. The summed E-state index contributed by atoms with van der Waals surface area (Å²) in [6.07, 6.45) is -0.0872. The quantitative estimate of drug-likeness (QED) is 0.377. The van der Waals surface area contributed by atoms with Gasteiger partial charge in [-0.1, -0.05) is 55.6 Å². The van der Waals surface area contributed by atoms with Gasteiger partial charge in [-0.2, -0.15) is 0 Å². The summed E-state index contributed by atoms with van der Waals surface area (Å²) in [6, 6.07) is 0. The van der Waals surface area contributed by atoms with Crippen LogP contribution in [0.25, 0.3) is 0 Å². The monoisotopic (exact) mass is 500 g/mol. The Morgan fingerprint density at radius 3 is 2.43 bits per heavy atom. The number of H-pyrrole nitrogens is 1. The number of carbonyl (C=O) groups excluding carboxylic acids is 1. The topological polar surface area (TPSA) is 99.6 Å². The van der Waals surface area contributed by atoms with Crippen LogP contribution in [0.1, 0.15) is 39.0 Å². The number of carbonyl (C=O) groups is 1. The molecule has 0 aromatic carbocycles. The van der Waals surface area contributed by atoms with Crippen molar-refractivity contribution < 1.29 is 18.7 Å². The average Bonchev–Trinajstić information content (AvgIpc) is 2.95. The van der Waals surface area contributed by atoms with E-state index < -0.39 is 47.8 Å². The molecule has 1 aliphatic heterocycles. The number of alkyl halides is 3. The van der Waals surface area contributed by atoms with Crippen molar-refractivity contribution in [3.8, 4) is 0 Å². The number of nitrogens with zero attached hydrogens (tertiary/aromatic N) is 1. The standard InChI is InChI=1S/C18H27Cl3N2O6Si/c1-10-8-23(16(26)22-14(10)24)13-7-11(29-30(5,6)17(2,3)4)12(28-13)9-27-15(25)18(19,20)21/h8,11-13H,7,9H2,1-6H3,(H,22,24,26)/t11-,12+,13+/m0/s1. The van der Waals surface area contributed by atoms with E-state index in [4.69, 9.17) is 48.7 Å². The number of aromatic amines is 1. The van der Waals surface area contributed by atoms with Crippen LogP contribution in [0.4, 0.5) is 0 Å². The molecular weight excluding hydrogens is 475 g/mol. The summed E-state index contributed by atoms with van der Waals surface area (Å²) in [7, 11) is -2.21. The summed E-state index contributed by atoms with van der Waals surface area (Å²) in [5.74, 6) is -1.03. The molecule has 2 heterocycles. The number of ether oxygens (including phenoxy) is 2. The van der Waals surface area contributed by atoms with Gasteiger partial charge in [0, 0.05) is 18.2 Å². The Balaban J connectivity index is 2.29. The van der Waals surface area contributed by atoms with Crippen LogP contribution < -0.4 is 11.2 Å². The molecule has 1 fully saturated rings. The van der Waals surface area contributed by atoms with Crippen molar-refractivity contribution in [3.05, 3.63) is 32.6 Å². The fraction of sp³-hybridized carbons (Fsp3) is 0.722. The first kappa shape index (κ1) is 25.4. The smallest absolute Gasteiger partial charge is 0.358 e. The van der Waals surface area contributed by atoms with Gasteiger partial charge in [0.25, 0.3) is 9.35 Å². The maximum absolute atomic E-state index is 12.3. The van der Waals surface area contributed by atoms with Crippen molar-refractivity contribution in [1.29, 1.82) is 0 Å². The molecule has 0 unspecified atom stereocenters. The van der Waals surface area contributed by atoms with E-state index in [1.54, 1.807) is 6.92 Å². The predicted octanol–water partition coefficient (Wildman–Crippen LogP) is 3.44. The lowest BCUT2D eigenvalue weighted by molar-refractivity contribution is -0.148. The van der Waals surface area contributed by atoms with Crippen LogP contribution in [-0.2, 0) is 18.7 Å². The number of aromatic nitrogens is 2. The first-order valence-electron chi connectivity index (χ1n) is 9.42. The van der Waals surface area contributed by atoms with Gasteiger partial charge in [0.2, 0.25) is 0 Å². The van der Waals surface area contributed by atoms with Crippen LogP contribution in [-0.4, -0.2) is 46.4 Å². The number of esters is 1. The molecule has 0 saturated carbocycles. The van der Waals surface area contributed by atoms with Crippen LogP contribution in [0.5, 0.6) is 0 Å². The van der Waals surface area contributed by atoms with Crippen molar-refractivity contribution in [2.45, 2.75) is 74.5 Å². The van der Waals surface area contributed by atoms with E-state index in [9.17, 15) is 14.4 Å². The van der Waals surface area contributed by atoms with Gasteiger partial charge >= 0.3 is 11.7 Å². The summed E-state index contributed by atoms with van der Waals surface area (Å²) in [5.41, 5.74) is -0.691. The van der Waals surface area contributed by atoms with Gasteiger partial charge < -0.3 is 13.9 Å². The minimum atomic E-state index is -2.21. The second-order valence-electron chi connectivity index (χ2n) is 8.86. The number of aryl methyl sites for hydroxylation is 1. The number of nitrogens with one attached hydrogen (secondary N) is 1. The maximum atomic E-state index is 12.3. The van der Waals surface area contributed by atoms with Gasteiger partial charge in [-0.15, -0.1) is 0 Å². The molecule has 3 atom stereocenters. The highest BCUT2D eigenvalue weighted by Crippen LogP contribution is 2.41. The first-order valence-corrected chi connectivity index (χ1v) is 13.5. The molecule has 1 N–H and O–H groups in total. The molecule has 30 heavy (non-hydrogen) atoms. The molecule has 1 aromatic rings. The Morgan fingerprint density at radius 2 is 1.90 bits per heavy atom. The van der Waals surface area contributed by atoms with Crippen LogP contribution in [0.3, 0.4) is 0 Å². The van der Waals surface area contributed by atoms with E-state index >= 15 is 0 Å². The highest BCUT2D eigenvalue weighted by molar-refractivity contribution is 6.75. The summed E-state index contributed by atoms with van der Waals surface area (Å²) >= 11 is 16.7. The molecule has 170 valence electrons. The fourth-order valence-electron chi connectivity index (χ4n) is 2.74. The van der Waals surface area contributed by atoms with Crippen molar-refractivity contribution in [2.75, 3.05) is 6.61 Å². The first-order chi connectivity index (χ1) is 13.5. The minimum Gasteiger partial charge on any atom is -0.460 e. The second kappa shape index (κ2) is 8.95. The molecule has 1 saturated heterocycles. The number of hydrogen-bond donors (Lipinski definition) is 1. The maximum Gasteiger partial charge on any atom is 0.358 e. The molecule has 0 bridgehead atoms. The Kier molecular flexibility index (Phi) is 7.59. The summed E-state index contributed by atoms with van der Waals surface area (Å²) < 4.78 is 16.7. The van der Waals surface area contributed by atoms with Crippen molar-refractivity contribution in [1.82, 2.24) is 9.55 Å². The van der Waals surface area contributed by atoms with Gasteiger partial charge in [0.15, 0.2) is 8.32 Å². The molecule has 0 radical (unpaired) electrons. The highest BCUT2D eigenvalue weighted by Gasteiger charge is 2.46. The van der Waals surface area contributed by atoms with Crippen molar-refractivity contribution >= 4 is 49.1 Å². The Bertz CT molecular complexity index is 903. The van der Waals surface area contributed by atoms with Crippen molar-refractivity contribution in [3.63, 3.8) is 0 Å². The van der Waals surface area contributed by atoms with Gasteiger partial charge in [0.1, 0.15) is 18.9 Å². The molecule has 0 aliphatic carbocycles.